The minimum absolute atomic E-state index is 0.145. The first-order valence-corrected chi connectivity index (χ1v) is 7.07. The van der Waals surface area contributed by atoms with Crippen LogP contribution < -0.4 is 10.1 Å². The van der Waals surface area contributed by atoms with Gasteiger partial charge in [-0.05, 0) is 50.2 Å². The number of hydrogen-bond acceptors (Lipinski definition) is 3. The van der Waals surface area contributed by atoms with Crippen LogP contribution in [0.15, 0.2) is 30.3 Å². The van der Waals surface area contributed by atoms with E-state index in [2.05, 4.69) is 10.3 Å². The number of nitrogens with zero attached hydrogens (tertiary/aromatic N) is 1. The van der Waals surface area contributed by atoms with E-state index in [4.69, 9.17) is 4.74 Å². The van der Waals surface area contributed by atoms with Crippen molar-refractivity contribution in [1.82, 2.24) is 10.3 Å². The molecule has 112 valence electrons. The summed E-state index contributed by atoms with van der Waals surface area (Å²) in [5.74, 6) is 0.397. The van der Waals surface area contributed by atoms with E-state index in [9.17, 15) is 4.39 Å². The maximum Gasteiger partial charge on any atom is 0.124 e. The van der Waals surface area contributed by atoms with Crippen LogP contribution in [0.25, 0.3) is 0 Å². The zero-order valence-electron chi connectivity index (χ0n) is 12.9. The Kier molecular flexibility index (Phi) is 4.91. The molecule has 0 spiro atoms. The van der Waals surface area contributed by atoms with Crippen molar-refractivity contribution in [2.75, 3.05) is 13.7 Å². The summed E-state index contributed by atoms with van der Waals surface area (Å²) >= 11 is 0. The number of benzene rings is 1. The van der Waals surface area contributed by atoms with Gasteiger partial charge in [-0.3, -0.25) is 4.98 Å². The topological polar surface area (TPSA) is 34.1 Å². The molecule has 1 aromatic carbocycles. The number of rotatable bonds is 5. The predicted molar refractivity (Wildman–Crippen MR) is 82.2 cm³/mol. The molecule has 2 rings (SSSR count). The number of halogens is 1. The summed E-state index contributed by atoms with van der Waals surface area (Å²) in [6, 6.07) is 8.45. The lowest BCUT2D eigenvalue weighted by atomic mass is 9.96. The third kappa shape index (κ3) is 3.39. The molecule has 21 heavy (non-hydrogen) atoms. The summed E-state index contributed by atoms with van der Waals surface area (Å²) in [6.07, 6.45) is 0. The summed E-state index contributed by atoms with van der Waals surface area (Å²) in [4.78, 5) is 4.51. The first-order valence-electron chi connectivity index (χ1n) is 7.07. The van der Waals surface area contributed by atoms with E-state index in [1.54, 1.807) is 13.2 Å². The van der Waals surface area contributed by atoms with Crippen molar-refractivity contribution in [1.29, 1.82) is 0 Å². The number of aromatic nitrogens is 1. The second-order valence-electron chi connectivity index (χ2n) is 5.00. The van der Waals surface area contributed by atoms with Crippen LogP contribution in [-0.2, 0) is 0 Å². The fourth-order valence-electron chi connectivity index (χ4n) is 2.52. The molecule has 2 aromatic rings. The van der Waals surface area contributed by atoms with Crippen LogP contribution in [0.1, 0.15) is 35.5 Å². The SMILES string of the molecule is CCNC(c1cc(F)ccc1OC)c1ccc(C)nc1C. The van der Waals surface area contributed by atoms with Gasteiger partial charge in [-0.2, -0.15) is 0 Å². The van der Waals surface area contributed by atoms with E-state index < -0.39 is 0 Å². The predicted octanol–water partition coefficient (Wildman–Crippen LogP) is 3.55. The summed E-state index contributed by atoms with van der Waals surface area (Å²) in [7, 11) is 1.60. The first-order chi connectivity index (χ1) is 10.1. The molecule has 0 saturated carbocycles. The van der Waals surface area contributed by atoms with Crippen molar-refractivity contribution in [3.8, 4) is 5.75 Å². The summed E-state index contributed by atoms with van der Waals surface area (Å²) < 4.78 is 19.1. The van der Waals surface area contributed by atoms with Crippen LogP contribution in [0.2, 0.25) is 0 Å². The van der Waals surface area contributed by atoms with Gasteiger partial charge in [0, 0.05) is 17.0 Å². The molecule has 1 aromatic heterocycles. The minimum atomic E-state index is -0.272. The molecule has 4 heteroatoms. The van der Waals surface area contributed by atoms with Crippen molar-refractivity contribution in [3.63, 3.8) is 0 Å². The molecule has 0 aliphatic carbocycles. The monoisotopic (exact) mass is 288 g/mol. The Bertz CT molecular complexity index is 628. The van der Waals surface area contributed by atoms with Crippen LogP contribution >= 0.6 is 0 Å². The van der Waals surface area contributed by atoms with Crippen LogP contribution in [0.4, 0.5) is 4.39 Å². The Morgan fingerprint density at radius 1 is 1.19 bits per heavy atom. The standard InChI is InChI=1S/C17H21FN2O/c1-5-19-17(14-8-6-11(2)20-12(14)3)15-10-13(18)7-9-16(15)21-4/h6-10,17,19H,5H2,1-4H3. The van der Waals surface area contributed by atoms with Gasteiger partial charge < -0.3 is 10.1 Å². The van der Waals surface area contributed by atoms with E-state index in [0.29, 0.717) is 5.75 Å². The van der Waals surface area contributed by atoms with Crippen molar-refractivity contribution in [2.24, 2.45) is 0 Å². The number of methoxy groups -OCH3 is 1. The molecule has 1 atom stereocenters. The van der Waals surface area contributed by atoms with Gasteiger partial charge in [0.1, 0.15) is 11.6 Å². The molecule has 0 aliphatic heterocycles. The van der Waals surface area contributed by atoms with Gasteiger partial charge in [0.05, 0.1) is 13.2 Å². The van der Waals surface area contributed by atoms with E-state index in [-0.39, 0.29) is 11.9 Å². The van der Waals surface area contributed by atoms with Gasteiger partial charge in [-0.15, -0.1) is 0 Å². The highest BCUT2D eigenvalue weighted by Gasteiger charge is 2.20. The molecule has 1 heterocycles. The number of pyridine rings is 1. The summed E-state index contributed by atoms with van der Waals surface area (Å²) in [5.41, 5.74) is 3.73. The molecular formula is C17H21FN2O. The number of ether oxygens (including phenoxy) is 1. The van der Waals surface area contributed by atoms with E-state index in [0.717, 1.165) is 29.1 Å². The highest BCUT2D eigenvalue weighted by molar-refractivity contribution is 5.43. The molecule has 1 N–H and O–H groups in total. The Morgan fingerprint density at radius 3 is 2.57 bits per heavy atom. The second-order valence-corrected chi connectivity index (χ2v) is 5.00. The fourth-order valence-corrected chi connectivity index (χ4v) is 2.52. The van der Waals surface area contributed by atoms with Crippen molar-refractivity contribution in [3.05, 3.63) is 58.7 Å². The Balaban J connectivity index is 2.55. The lowest BCUT2D eigenvalue weighted by molar-refractivity contribution is 0.402. The van der Waals surface area contributed by atoms with Gasteiger partial charge in [0.25, 0.3) is 0 Å². The van der Waals surface area contributed by atoms with Gasteiger partial charge in [-0.25, -0.2) is 4.39 Å². The van der Waals surface area contributed by atoms with Gasteiger partial charge in [0.2, 0.25) is 0 Å². The van der Waals surface area contributed by atoms with Gasteiger partial charge >= 0.3 is 0 Å². The second kappa shape index (κ2) is 6.68. The summed E-state index contributed by atoms with van der Waals surface area (Å²) in [5, 5.41) is 3.39. The van der Waals surface area contributed by atoms with Gasteiger partial charge in [0.15, 0.2) is 0 Å². The molecule has 1 unspecified atom stereocenters. The molecule has 0 fully saturated rings. The third-order valence-corrected chi connectivity index (χ3v) is 3.49. The van der Waals surface area contributed by atoms with E-state index in [1.165, 1.54) is 12.1 Å². The van der Waals surface area contributed by atoms with Crippen LogP contribution in [0.5, 0.6) is 5.75 Å². The van der Waals surface area contributed by atoms with Crippen molar-refractivity contribution in [2.45, 2.75) is 26.8 Å². The Labute approximate surface area is 125 Å². The van der Waals surface area contributed by atoms with Gasteiger partial charge in [-0.1, -0.05) is 13.0 Å². The van der Waals surface area contributed by atoms with Crippen LogP contribution in [0.3, 0.4) is 0 Å². The lowest BCUT2D eigenvalue weighted by Gasteiger charge is -2.22. The zero-order valence-corrected chi connectivity index (χ0v) is 12.9. The molecular weight excluding hydrogens is 267 g/mol. The van der Waals surface area contributed by atoms with E-state index in [1.807, 2.05) is 32.9 Å². The largest absolute Gasteiger partial charge is 0.496 e. The van der Waals surface area contributed by atoms with Crippen LogP contribution in [-0.4, -0.2) is 18.6 Å². The normalized spacial score (nSPS) is 12.2. The Hall–Kier alpha value is -1.94. The molecule has 0 aliphatic rings. The maximum atomic E-state index is 13.7. The smallest absolute Gasteiger partial charge is 0.124 e. The average Bonchev–Trinajstić information content (AvgIpc) is 2.45. The highest BCUT2D eigenvalue weighted by Crippen LogP contribution is 2.31. The van der Waals surface area contributed by atoms with E-state index >= 15 is 0 Å². The molecule has 0 saturated heterocycles. The van der Waals surface area contributed by atoms with Crippen molar-refractivity contribution >= 4 is 0 Å². The average molecular weight is 288 g/mol. The fraction of sp³-hybridized carbons (Fsp3) is 0.353. The number of nitrogens with one attached hydrogen (secondary N) is 1. The third-order valence-electron chi connectivity index (χ3n) is 3.49. The first kappa shape index (κ1) is 15.4. The highest BCUT2D eigenvalue weighted by atomic mass is 19.1. The number of hydrogen-bond donors (Lipinski definition) is 1. The quantitative estimate of drug-likeness (QED) is 0.913. The lowest BCUT2D eigenvalue weighted by Crippen LogP contribution is -2.24. The summed E-state index contributed by atoms with van der Waals surface area (Å²) in [6.45, 7) is 6.72. The number of aryl methyl sites for hydroxylation is 2. The molecule has 0 bridgehead atoms. The maximum absolute atomic E-state index is 13.7. The zero-order chi connectivity index (χ0) is 15.4. The Morgan fingerprint density at radius 2 is 1.95 bits per heavy atom. The molecule has 3 nitrogen and oxygen atoms in total. The van der Waals surface area contributed by atoms with Crippen molar-refractivity contribution < 1.29 is 9.13 Å². The molecule has 0 amide bonds. The molecule has 0 radical (unpaired) electrons. The van der Waals surface area contributed by atoms with Crippen LogP contribution in [0, 0.1) is 19.7 Å². The minimum Gasteiger partial charge on any atom is -0.496 e.